The standard InChI is InChI=1S/C13H10BrF2N3O/c1-17-11-3-2-7(6-18-11)13(20)19-12-9(14)4-8(15)5-10(12)16/h2-6H,1H3,(H,17,18)(H,19,20). The average molecular weight is 342 g/mol. The molecule has 1 aromatic heterocycles. The second-order valence-corrected chi connectivity index (χ2v) is 4.74. The van der Waals surface area contributed by atoms with Gasteiger partial charge in [0.1, 0.15) is 11.6 Å². The molecule has 2 aromatic rings. The van der Waals surface area contributed by atoms with E-state index in [9.17, 15) is 13.6 Å². The Kier molecular flexibility index (Phi) is 4.29. The summed E-state index contributed by atoms with van der Waals surface area (Å²) in [5.74, 6) is -1.51. The van der Waals surface area contributed by atoms with E-state index >= 15 is 0 Å². The van der Waals surface area contributed by atoms with Crippen LogP contribution in [0.4, 0.5) is 20.3 Å². The summed E-state index contributed by atoms with van der Waals surface area (Å²) in [5, 5.41) is 5.19. The lowest BCUT2D eigenvalue weighted by Gasteiger charge is -2.09. The number of amides is 1. The second-order valence-electron chi connectivity index (χ2n) is 3.88. The first-order chi connectivity index (χ1) is 9.51. The molecule has 1 heterocycles. The van der Waals surface area contributed by atoms with Crippen molar-refractivity contribution in [2.24, 2.45) is 0 Å². The van der Waals surface area contributed by atoms with Gasteiger partial charge in [0.2, 0.25) is 0 Å². The topological polar surface area (TPSA) is 54.0 Å². The molecule has 0 spiro atoms. The van der Waals surface area contributed by atoms with Gasteiger partial charge in [0.25, 0.3) is 5.91 Å². The van der Waals surface area contributed by atoms with Gasteiger partial charge in [-0.15, -0.1) is 0 Å². The Morgan fingerprint density at radius 3 is 2.60 bits per heavy atom. The van der Waals surface area contributed by atoms with Gasteiger partial charge in [-0.25, -0.2) is 13.8 Å². The van der Waals surface area contributed by atoms with E-state index in [1.807, 2.05) is 0 Å². The number of nitrogens with zero attached hydrogens (tertiary/aromatic N) is 1. The van der Waals surface area contributed by atoms with Gasteiger partial charge in [0.05, 0.1) is 11.3 Å². The van der Waals surface area contributed by atoms with Crippen LogP contribution >= 0.6 is 15.9 Å². The molecule has 20 heavy (non-hydrogen) atoms. The highest BCUT2D eigenvalue weighted by atomic mass is 79.9. The molecule has 2 N–H and O–H groups in total. The van der Waals surface area contributed by atoms with E-state index in [4.69, 9.17) is 0 Å². The molecule has 1 aromatic carbocycles. The summed E-state index contributed by atoms with van der Waals surface area (Å²) in [7, 11) is 1.70. The van der Waals surface area contributed by atoms with Crippen molar-refractivity contribution in [2.75, 3.05) is 17.7 Å². The molecule has 0 aliphatic heterocycles. The zero-order chi connectivity index (χ0) is 14.7. The monoisotopic (exact) mass is 341 g/mol. The van der Waals surface area contributed by atoms with Crippen LogP contribution in [0.1, 0.15) is 10.4 Å². The van der Waals surface area contributed by atoms with E-state index in [0.29, 0.717) is 11.9 Å². The molecule has 4 nitrogen and oxygen atoms in total. The molecule has 0 aliphatic carbocycles. The van der Waals surface area contributed by atoms with Crippen LogP contribution < -0.4 is 10.6 Å². The fraction of sp³-hybridized carbons (Fsp3) is 0.0769. The number of pyridine rings is 1. The molecule has 1 amide bonds. The Balaban J connectivity index is 2.23. The van der Waals surface area contributed by atoms with Crippen LogP contribution in [0.5, 0.6) is 0 Å². The number of halogens is 3. The third-order valence-electron chi connectivity index (χ3n) is 2.53. The maximum absolute atomic E-state index is 13.6. The van der Waals surface area contributed by atoms with Crippen molar-refractivity contribution in [1.29, 1.82) is 0 Å². The fourth-order valence-electron chi connectivity index (χ4n) is 1.52. The fourth-order valence-corrected chi connectivity index (χ4v) is 2.03. The maximum Gasteiger partial charge on any atom is 0.257 e. The summed E-state index contributed by atoms with van der Waals surface area (Å²) in [6.07, 6.45) is 1.36. The molecule has 2 rings (SSSR count). The minimum atomic E-state index is -0.856. The van der Waals surface area contributed by atoms with Crippen molar-refractivity contribution in [1.82, 2.24) is 4.98 Å². The molecular weight excluding hydrogens is 332 g/mol. The molecule has 0 aliphatic rings. The number of nitrogens with one attached hydrogen (secondary N) is 2. The number of carbonyl (C=O) groups is 1. The Labute approximate surface area is 122 Å². The molecule has 0 bridgehead atoms. The Morgan fingerprint density at radius 1 is 1.30 bits per heavy atom. The number of rotatable bonds is 3. The van der Waals surface area contributed by atoms with Gasteiger partial charge < -0.3 is 10.6 Å². The quantitative estimate of drug-likeness (QED) is 0.899. The highest BCUT2D eigenvalue weighted by Crippen LogP contribution is 2.27. The van der Waals surface area contributed by atoms with Crippen LogP contribution in [0.3, 0.4) is 0 Å². The van der Waals surface area contributed by atoms with Crippen LogP contribution in [-0.4, -0.2) is 17.9 Å². The molecular formula is C13H10BrF2N3O. The summed E-state index contributed by atoms with van der Waals surface area (Å²) < 4.78 is 26.7. The number of aromatic nitrogens is 1. The number of anilines is 2. The van der Waals surface area contributed by atoms with Crippen LogP contribution in [0.15, 0.2) is 34.9 Å². The van der Waals surface area contributed by atoms with Gasteiger partial charge in [-0.3, -0.25) is 4.79 Å². The highest BCUT2D eigenvalue weighted by molar-refractivity contribution is 9.10. The predicted octanol–water partition coefficient (Wildman–Crippen LogP) is 3.42. The molecule has 0 atom stereocenters. The molecule has 0 fully saturated rings. The molecule has 104 valence electrons. The third kappa shape index (κ3) is 3.11. The average Bonchev–Trinajstić information content (AvgIpc) is 2.42. The van der Waals surface area contributed by atoms with Crippen LogP contribution in [-0.2, 0) is 0 Å². The number of carbonyl (C=O) groups excluding carboxylic acids is 1. The van der Waals surface area contributed by atoms with Gasteiger partial charge in [0.15, 0.2) is 5.82 Å². The molecule has 0 saturated heterocycles. The third-order valence-corrected chi connectivity index (χ3v) is 3.15. The number of hydrogen-bond donors (Lipinski definition) is 2. The first-order valence-electron chi connectivity index (χ1n) is 5.61. The normalized spacial score (nSPS) is 10.2. The van der Waals surface area contributed by atoms with E-state index < -0.39 is 17.5 Å². The minimum Gasteiger partial charge on any atom is -0.373 e. The van der Waals surface area contributed by atoms with Gasteiger partial charge in [-0.05, 0) is 34.1 Å². The van der Waals surface area contributed by atoms with Crippen molar-refractivity contribution in [2.45, 2.75) is 0 Å². The summed E-state index contributed by atoms with van der Waals surface area (Å²) >= 11 is 3.00. The van der Waals surface area contributed by atoms with Crippen molar-refractivity contribution in [3.8, 4) is 0 Å². The lowest BCUT2D eigenvalue weighted by Crippen LogP contribution is -2.14. The molecule has 0 saturated carbocycles. The Hall–Kier alpha value is -2.02. The lowest BCUT2D eigenvalue weighted by atomic mass is 10.2. The zero-order valence-corrected chi connectivity index (χ0v) is 12.0. The molecule has 0 unspecified atom stereocenters. The lowest BCUT2D eigenvalue weighted by molar-refractivity contribution is 0.102. The second kappa shape index (κ2) is 5.96. The van der Waals surface area contributed by atoms with Crippen LogP contribution in [0.25, 0.3) is 0 Å². The van der Waals surface area contributed by atoms with E-state index in [2.05, 4.69) is 31.5 Å². The minimum absolute atomic E-state index is 0.117. The largest absolute Gasteiger partial charge is 0.373 e. The smallest absolute Gasteiger partial charge is 0.257 e. The summed E-state index contributed by atoms with van der Waals surface area (Å²) in [4.78, 5) is 15.9. The van der Waals surface area contributed by atoms with Crippen molar-refractivity contribution in [3.63, 3.8) is 0 Å². The zero-order valence-electron chi connectivity index (χ0n) is 10.4. The van der Waals surface area contributed by atoms with Crippen LogP contribution in [0, 0.1) is 11.6 Å². The van der Waals surface area contributed by atoms with Gasteiger partial charge >= 0.3 is 0 Å². The van der Waals surface area contributed by atoms with Gasteiger partial charge in [-0.1, -0.05) is 0 Å². The van der Waals surface area contributed by atoms with Gasteiger partial charge in [0, 0.05) is 23.8 Å². The van der Waals surface area contributed by atoms with E-state index in [1.165, 1.54) is 6.20 Å². The SMILES string of the molecule is CNc1ccc(C(=O)Nc2c(F)cc(F)cc2Br)cn1. The summed E-state index contributed by atoms with van der Waals surface area (Å²) in [5.41, 5.74) is 0.147. The van der Waals surface area contributed by atoms with Crippen molar-refractivity contribution >= 4 is 33.3 Å². The first kappa shape index (κ1) is 14.4. The summed E-state index contributed by atoms with van der Waals surface area (Å²) in [6, 6.07) is 4.93. The van der Waals surface area contributed by atoms with Crippen molar-refractivity contribution < 1.29 is 13.6 Å². The molecule has 7 heteroatoms. The van der Waals surface area contributed by atoms with E-state index in [1.54, 1.807) is 19.2 Å². The molecule has 0 radical (unpaired) electrons. The number of hydrogen-bond acceptors (Lipinski definition) is 3. The maximum atomic E-state index is 13.6. The van der Waals surface area contributed by atoms with Crippen LogP contribution in [0.2, 0.25) is 0 Å². The summed E-state index contributed by atoms with van der Waals surface area (Å²) in [6.45, 7) is 0. The number of benzene rings is 1. The van der Waals surface area contributed by atoms with E-state index in [-0.39, 0.29) is 15.7 Å². The Morgan fingerprint density at radius 2 is 2.05 bits per heavy atom. The van der Waals surface area contributed by atoms with Crippen molar-refractivity contribution in [3.05, 3.63) is 52.1 Å². The highest BCUT2D eigenvalue weighted by Gasteiger charge is 2.14. The Bertz CT molecular complexity index is 624. The first-order valence-corrected chi connectivity index (χ1v) is 6.40. The van der Waals surface area contributed by atoms with E-state index in [0.717, 1.165) is 6.07 Å². The predicted molar refractivity (Wildman–Crippen MR) is 75.8 cm³/mol. The van der Waals surface area contributed by atoms with Gasteiger partial charge in [-0.2, -0.15) is 0 Å².